The van der Waals surface area contributed by atoms with E-state index in [0.717, 1.165) is 5.01 Å². The molecule has 0 aliphatic carbocycles. The Hall–Kier alpha value is -1.63. The number of carboxylic acids is 1. The highest BCUT2D eigenvalue weighted by Crippen LogP contribution is 2.34. The minimum absolute atomic E-state index is 0.161. The Morgan fingerprint density at radius 2 is 2.15 bits per heavy atom. The van der Waals surface area contributed by atoms with Gasteiger partial charge in [0.15, 0.2) is 0 Å². The highest BCUT2D eigenvalue weighted by molar-refractivity contribution is 7.09. The lowest BCUT2D eigenvalue weighted by molar-refractivity contribution is -0.141. The van der Waals surface area contributed by atoms with Gasteiger partial charge in [-0.05, 0) is 20.8 Å². The molecule has 2 heterocycles. The Bertz CT molecular complexity index is 495. The third-order valence-corrected chi connectivity index (χ3v) is 3.96. The Morgan fingerprint density at radius 3 is 2.65 bits per heavy atom. The molecule has 0 radical (unpaired) electrons. The van der Waals surface area contributed by atoms with Crippen molar-refractivity contribution < 1.29 is 19.4 Å². The number of likely N-dealkylation sites (tertiary alicyclic amines) is 1. The lowest BCUT2D eigenvalue weighted by atomic mass is 9.97. The van der Waals surface area contributed by atoms with Crippen LogP contribution in [-0.2, 0) is 9.53 Å². The van der Waals surface area contributed by atoms with Crippen molar-refractivity contribution in [3.63, 3.8) is 0 Å². The number of hydrogen-bond acceptors (Lipinski definition) is 5. The van der Waals surface area contributed by atoms with E-state index in [-0.39, 0.29) is 12.5 Å². The van der Waals surface area contributed by atoms with Crippen LogP contribution in [0.2, 0.25) is 0 Å². The molecule has 1 amide bonds. The summed E-state index contributed by atoms with van der Waals surface area (Å²) in [6.07, 6.45) is 1.18. The molecule has 6 nitrogen and oxygen atoms in total. The smallest absolute Gasteiger partial charge is 0.410 e. The van der Waals surface area contributed by atoms with Gasteiger partial charge in [0.2, 0.25) is 0 Å². The minimum atomic E-state index is -0.906. The summed E-state index contributed by atoms with van der Waals surface area (Å²) in [6.45, 7) is 5.85. The average Bonchev–Trinajstić information content (AvgIpc) is 2.95. The van der Waals surface area contributed by atoms with E-state index < -0.39 is 23.6 Å². The van der Waals surface area contributed by atoms with Crippen LogP contribution in [0.25, 0.3) is 0 Å². The van der Waals surface area contributed by atoms with E-state index in [2.05, 4.69) is 4.98 Å². The van der Waals surface area contributed by atoms with Gasteiger partial charge in [0, 0.05) is 30.6 Å². The highest BCUT2D eigenvalue weighted by atomic mass is 32.1. The molecule has 7 heteroatoms. The number of hydrogen-bond donors (Lipinski definition) is 1. The first-order valence-electron chi connectivity index (χ1n) is 6.38. The third-order valence-electron chi connectivity index (χ3n) is 3.06. The fourth-order valence-corrected chi connectivity index (χ4v) is 2.99. The number of rotatable bonds is 2. The summed E-state index contributed by atoms with van der Waals surface area (Å²) in [6, 6.07) is 0. The van der Waals surface area contributed by atoms with E-state index in [1.807, 2.05) is 5.38 Å². The molecule has 1 saturated heterocycles. The van der Waals surface area contributed by atoms with Crippen molar-refractivity contribution in [2.45, 2.75) is 32.3 Å². The van der Waals surface area contributed by atoms with Gasteiger partial charge in [-0.2, -0.15) is 0 Å². The molecule has 2 rings (SSSR count). The number of carboxylic acid groups (broad SMARTS) is 1. The molecule has 20 heavy (non-hydrogen) atoms. The summed E-state index contributed by atoms with van der Waals surface area (Å²) in [5.74, 6) is -1.80. The summed E-state index contributed by atoms with van der Waals surface area (Å²) in [5.41, 5.74) is -0.588. The number of thiazole rings is 1. The first kappa shape index (κ1) is 14.8. The van der Waals surface area contributed by atoms with Crippen LogP contribution >= 0.6 is 11.3 Å². The quantitative estimate of drug-likeness (QED) is 0.905. The first-order chi connectivity index (χ1) is 9.28. The van der Waals surface area contributed by atoms with Crippen molar-refractivity contribution in [1.29, 1.82) is 0 Å². The largest absolute Gasteiger partial charge is 0.481 e. The van der Waals surface area contributed by atoms with Crippen LogP contribution in [0, 0.1) is 5.92 Å². The Morgan fingerprint density at radius 1 is 1.45 bits per heavy atom. The summed E-state index contributed by atoms with van der Waals surface area (Å²) in [7, 11) is 0. The van der Waals surface area contributed by atoms with E-state index >= 15 is 0 Å². The molecule has 1 aromatic heterocycles. The zero-order chi connectivity index (χ0) is 14.9. The van der Waals surface area contributed by atoms with Crippen molar-refractivity contribution in [2.24, 2.45) is 5.92 Å². The molecule has 0 spiro atoms. The van der Waals surface area contributed by atoms with Gasteiger partial charge < -0.3 is 14.7 Å². The zero-order valence-corrected chi connectivity index (χ0v) is 12.5. The van der Waals surface area contributed by atoms with Gasteiger partial charge >= 0.3 is 12.1 Å². The fourth-order valence-electron chi connectivity index (χ4n) is 2.20. The van der Waals surface area contributed by atoms with Crippen molar-refractivity contribution in [1.82, 2.24) is 9.88 Å². The second kappa shape index (κ2) is 5.40. The Labute approximate surface area is 121 Å². The van der Waals surface area contributed by atoms with Crippen LogP contribution in [0.1, 0.15) is 31.7 Å². The molecule has 1 aliphatic rings. The molecule has 0 bridgehead atoms. The molecule has 0 saturated carbocycles. The second-order valence-corrected chi connectivity index (χ2v) is 6.73. The van der Waals surface area contributed by atoms with Gasteiger partial charge in [0.1, 0.15) is 5.60 Å². The predicted molar refractivity (Wildman–Crippen MR) is 73.8 cm³/mol. The normalized spacial score (nSPS) is 22.9. The zero-order valence-electron chi connectivity index (χ0n) is 11.7. The number of amides is 1. The van der Waals surface area contributed by atoms with E-state index in [4.69, 9.17) is 4.74 Å². The maximum Gasteiger partial charge on any atom is 0.410 e. The van der Waals surface area contributed by atoms with Crippen LogP contribution in [0.3, 0.4) is 0 Å². The monoisotopic (exact) mass is 298 g/mol. The van der Waals surface area contributed by atoms with Crippen molar-refractivity contribution in [3.8, 4) is 0 Å². The SMILES string of the molecule is CC(C)(C)OC(=O)N1CC(C(=O)O)C(c2nccs2)C1. The molecule has 1 N–H and O–H groups in total. The molecule has 1 aromatic rings. The summed E-state index contributed by atoms with van der Waals surface area (Å²) in [4.78, 5) is 29.0. The number of aliphatic carboxylic acids is 1. The molecule has 0 aromatic carbocycles. The summed E-state index contributed by atoms with van der Waals surface area (Å²) in [5, 5.41) is 11.9. The number of carbonyl (C=O) groups excluding carboxylic acids is 1. The minimum Gasteiger partial charge on any atom is -0.481 e. The number of carbonyl (C=O) groups is 2. The van der Waals surface area contributed by atoms with Crippen LogP contribution < -0.4 is 0 Å². The Kier molecular flexibility index (Phi) is 3.99. The number of ether oxygens (including phenoxy) is 1. The average molecular weight is 298 g/mol. The molecule has 2 unspecified atom stereocenters. The van der Waals surface area contributed by atoms with E-state index in [1.165, 1.54) is 16.2 Å². The van der Waals surface area contributed by atoms with Crippen LogP contribution in [0.15, 0.2) is 11.6 Å². The maximum absolute atomic E-state index is 12.0. The number of aromatic nitrogens is 1. The van der Waals surface area contributed by atoms with Gasteiger partial charge in [-0.1, -0.05) is 0 Å². The van der Waals surface area contributed by atoms with Gasteiger partial charge in [0.25, 0.3) is 0 Å². The van der Waals surface area contributed by atoms with Gasteiger partial charge in [-0.3, -0.25) is 4.79 Å². The highest BCUT2D eigenvalue weighted by Gasteiger charge is 2.42. The first-order valence-corrected chi connectivity index (χ1v) is 7.26. The summed E-state index contributed by atoms with van der Waals surface area (Å²) >= 11 is 1.42. The molecule has 2 atom stereocenters. The maximum atomic E-state index is 12.0. The molecule has 1 aliphatic heterocycles. The van der Waals surface area contributed by atoms with E-state index in [0.29, 0.717) is 6.54 Å². The Balaban J connectivity index is 2.12. The fraction of sp³-hybridized carbons (Fsp3) is 0.615. The van der Waals surface area contributed by atoms with E-state index in [9.17, 15) is 14.7 Å². The topological polar surface area (TPSA) is 79.7 Å². The van der Waals surface area contributed by atoms with Crippen LogP contribution in [-0.4, -0.2) is 45.7 Å². The van der Waals surface area contributed by atoms with Crippen molar-refractivity contribution in [2.75, 3.05) is 13.1 Å². The number of nitrogens with zero attached hydrogens (tertiary/aromatic N) is 2. The third kappa shape index (κ3) is 3.27. The van der Waals surface area contributed by atoms with Gasteiger partial charge in [-0.15, -0.1) is 11.3 Å². The predicted octanol–water partition coefficient (Wildman–Crippen LogP) is 2.18. The van der Waals surface area contributed by atoms with Crippen molar-refractivity contribution in [3.05, 3.63) is 16.6 Å². The van der Waals surface area contributed by atoms with Crippen LogP contribution in [0.5, 0.6) is 0 Å². The lowest BCUT2D eigenvalue weighted by Gasteiger charge is -2.24. The van der Waals surface area contributed by atoms with Crippen LogP contribution in [0.4, 0.5) is 4.79 Å². The summed E-state index contributed by atoms with van der Waals surface area (Å²) < 4.78 is 5.29. The molecule has 1 fully saturated rings. The molecular formula is C13H18N2O4S. The molecule has 110 valence electrons. The standard InChI is InChI=1S/C13H18N2O4S/c1-13(2,3)19-12(18)15-6-8(9(7-15)11(16)17)10-14-4-5-20-10/h4-5,8-9H,6-7H2,1-3H3,(H,16,17). The second-order valence-electron chi connectivity index (χ2n) is 5.81. The molecular weight excluding hydrogens is 280 g/mol. The van der Waals surface area contributed by atoms with Gasteiger partial charge in [-0.25, -0.2) is 9.78 Å². The lowest BCUT2D eigenvalue weighted by Crippen LogP contribution is -2.35. The van der Waals surface area contributed by atoms with Crippen molar-refractivity contribution >= 4 is 23.4 Å². The van der Waals surface area contributed by atoms with Gasteiger partial charge in [0.05, 0.1) is 10.9 Å². The van der Waals surface area contributed by atoms with E-state index in [1.54, 1.807) is 27.0 Å².